The second-order valence-corrected chi connectivity index (χ2v) is 18.0. The molecular weight excluding hydrogens is 781 g/mol. The maximum atomic E-state index is 12.7. The van der Waals surface area contributed by atoms with Crippen LogP contribution < -0.4 is 5.73 Å². The van der Waals surface area contributed by atoms with E-state index < -0.39 is 51.1 Å². The molecule has 4 N–H and O–H groups in total. The van der Waals surface area contributed by atoms with Crippen LogP contribution in [0.5, 0.6) is 0 Å². The SMILES string of the molecule is CCCCCCCC/C=C/CCCCCCCCCCCCCC(=O)O[C@@H](COC(=O)CC/C=C/CCCCCCCCCCCCC)COP(=O)(O)OC[C@H](N)C(=O)O. The number of phosphoric acid groups is 1. The lowest BCUT2D eigenvalue weighted by Crippen LogP contribution is -2.34. The van der Waals surface area contributed by atoms with E-state index in [1.54, 1.807) is 0 Å². The van der Waals surface area contributed by atoms with E-state index in [2.05, 4.69) is 36.6 Å². The van der Waals surface area contributed by atoms with Gasteiger partial charge in [-0.2, -0.15) is 0 Å². The van der Waals surface area contributed by atoms with E-state index in [4.69, 9.17) is 24.8 Å². The number of nitrogens with two attached hydrogens (primary N) is 1. The van der Waals surface area contributed by atoms with Gasteiger partial charge in [0.25, 0.3) is 0 Å². The van der Waals surface area contributed by atoms with Crippen molar-refractivity contribution < 1.29 is 47.5 Å². The Bertz CT molecular complexity index is 1120. The van der Waals surface area contributed by atoms with Crippen LogP contribution in [0, 0.1) is 0 Å². The van der Waals surface area contributed by atoms with Crippen LogP contribution >= 0.6 is 7.82 Å². The minimum absolute atomic E-state index is 0.141. The van der Waals surface area contributed by atoms with Crippen LogP contribution in [0.4, 0.5) is 0 Å². The summed E-state index contributed by atoms with van der Waals surface area (Å²) in [6.45, 7) is 2.79. The monoisotopic (exact) mass is 872 g/mol. The van der Waals surface area contributed by atoms with Gasteiger partial charge in [-0.05, 0) is 51.4 Å². The molecule has 0 rings (SSSR count). The van der Waals surface area contributed by atoms with Crippen molar-refractivity contribution in [1.82, 2.24) is 0 Å². The molecule has 60 heavy (non-hydrogen) atoms. The van der Waals surface area contributed by atoms with Gasteiger partial charge >= 0.3 is 25.7 Å². The largest absolute Gasteiger partial charge is 0.480 e. The first-order valence-corrected chi connectivity index (χ1v) is 25.9. The molecule has 0 heterocycles. The molecule has 3 atom stereocenters. The topological polar surface area (TPSA) is 172 Å². The Labute approximate surface area is 366 Å². The molecule has 0 aromatic heterocycles. The van der Waals surface area contributed by atoms with Crippen molar-refractivity contribution in [1.29, 1.82) is 0 Å². The summed E-state index contributed by atoms with van der Waals surface area (Å²) in [5, 5.41) is 8.90. The number of hydrogen-bond acceptors (Lipinski definition) is 9. The molecule has 0 aliphatic heterocycles. The van der Waals surface area contributed by atoms with Crippen LogP contribution in [0.15, 0.2) is 24.3 Å². The lowest BCUT2D eigenvalue weighted by Gasteiger charge is -2.20. The summed E-state index contributed by atoms with van der Waals surface area (Å²) >= 11 is 0. The first-order chi connectivity index (χ1) is 29.1. The third-order valence-electron chi connectivity index (χ3n) is 10.7. The van der Waals surface area contributed by atoms with Gasteiger partial charge in [-0.25, -0.2) is 4.57 Å². The fourth-order valence-corrected chi connectivity index (χ4v) is 7.62. The van der Waals surface area contributed by atoms with Crippen molar-refractivity contribution in [3.05, 3.63) is 24.3 Å². The normalized spacial score (nSPS) is 13.8. The van der Waals surface area contributed by atoms with Gasteiger partial charge in [-0.15, -0.1) is 0 Å². The number of carboxylic acids is 1. The third kappa shape index (κ3) is 42.6. The second-order valence-electron chi connectivity index (χ2n) is 16.6. The van der Waals surface area contributed by atoms with Gasteiger partial charge in [-0.1, -0.05) is 192 Å². The van der Waals surface area contributed by atoms with Gasteiger partial charge in [0.1, 0.15) is 12.6 Å². The van der Waals surface area contributed by atoms with Crippen LogP contribution in [-0.2, 0) is 37.5 Å². The van der Waals surface area contributed by atoms with Crippen molar-refractivity contribution in [3.63, 3.8) is 0 Å². The van der Waals surface area contributed by atoms with Gasteiger partial charge in [0, 0.05) is 12.8 Å². The van der Waals surface area contributed by atoms with Crippen LogP contribution in [0.2, 0.25) is 0 Å². The predicted molar refractivity (Wildman–Crippen MR) is 245 cm³/mol. The molecule has 0 aliphatic carbocycles. The molecule has 352 valence electrons. The number of carbonyl (C=O) groups is 3. The number of carbonyl (C=O) groups excluding carboxylic acids is 2. The van der Waals surface area contributed by atoms with Gasteiger partial charge < -0.3 is 25.2 Å². The van der Waals surface area contributed by atoms with Crippen LogP contribution in [0.3, 0.4) is 0 Å². The number of ether oxygens (including phenoxy) is 2. The van der Waals surface area contributed by atoms with E-state index in [1.807, 2.05) is 6.08 Å². The fraction of sp³-hybridized carbons (Fsp3) is 0.854. The highest BCUT2D eigenvalue weighted by Crippen LogP contribution is 2.43. The fourth-order valence-electron chi connectivity index (χ4n) is 6.84. The third-order valence-corrected chi connectivity index (χ3v) is 11.6. The quantitative estimate of drug-likeness (QED) is 0.0230. The Morgan fingerprint density at radius 2 is 0.867 bits per heavy atom. The first-order valence-electron chi connectivity index (χ1n) is 24.4. The second kappa shape index (κ2) is 43.6. The van der Waals surface area contributed by atoms with Crippen molar-refractivity contribution in [2.24, 2.45) is 5.73 Å². The van der Waals surface area contributed by atoms with Crippen molar-refractivity contribution in [2.75, 3.05) is 19.8 Å². The molecule has 0 aromatic carbocycles. The van der Waals surface area contributed by atoms with E-state index in [1.165, 1.54) is 161 Å². The maximum Gasteiger partial charge on any atom is 0.472 e. The van der Waals surface area contributed by atoms with Gasteiger partial charge in [0.2, 0.25) is 0 Å². The zero-order valence-electron chi connectivity index (χ0n) is 38.3. The van der Waals surface area contributed by atoms with Crippen molar-refractivity contribution in [3.8, 4) is 0 Å². The molecule has 1 unspecified atom stereocenters. The molecule has 0 spiro atoms. The van der Waals surface area contributed by atoms with E-state index in [9.17, 15) is 23.8 Å². The standard InChI is InChI=1S/C48H90NO10P/c1-3-5-7-9-11-13-15-17-19-20-21-22-23-24-26-28-30-32-34-36-38-40-47(51)59-44(42-57-60(54,55)58-43-45(49)48(52)53)41-56-46(50)39-37-35-33-31-29-27-25-18-16-14-12-10-8-6-4-2/h17,19,33,35,44-45H,3-16,18,20-32,34,36-43,49H2,1-2H3,(H,52,53)(H,54,55)/b19-17+,35-33+/t44-,45-/m0/s1. The molecule has 0 aromatic rings. The summed E-state index contributed by atoms with van der Waals surface area (Å²) < 4.78 is 32.7. The highest BCUT2D eigenvalue weighted by Gasteiger charge is 2.28. The molecular formula is C48H90NO10P. The van der Waals surface area contributed by atoms with E-state index in [0.29, 0.717) is 12.8 Å². The summed E-state index contributed by atoms with van der Waals surface area (Å²) in [4.78, 5) is 46.0. The minimum atomic E-state index is -4.72. The number of hydrogen-bond donors (Lipinski definition) is 3. The highest BCUT2D eigenvalue weighted by atomic mass is 31.2. The Balaban J connectivity index is 4.28. The van der Waals surface area contributed by atoms with Gasteiger partial charge in [0.05, 0.1) is 13.2 Å². The summed E-state index contributed by atoms with van der Waals surface area (Å²) in [7, 11) is -4.72. The van der Waals surface area contributed by atoms with Crippen molar-refractivity contribution >= 4 is 25.7 Å². The molecule has 0 amide bonds. The molecule has 0 saturated heterocycles. The molecule has 12 heteroatoms. The zero-order valence-corrected chi connectivity index (χ0v) is 39.2. The number of unbranched alkanes of at least 4 members (excludes halogenated alkanes) is 28. The number of rotatable bonds is 46. The zero-order chi connectivity index (χ0) is 44.2. The summed E-state index contributed by atoms with van der Waals surface area (Å²) in [6.07, 6.45) is 46.8. The van der Waals surface area contributed by atoms with Crippen LogP contribution in [0.1, 0.15) is 232 Å². The smallest absolute Gasteiger partial charge is 0.472 e. The minimum Gasteiger partial charge on any atom is -0.480 e. The van der Waals surface area contributed by atoms with Crippen LogP contribution in [0.25, 0.3) is 0 Å². The number of aliphatic carboxylic acids is 1. The number of carboxylic acid groups (broad SMARTS) is 1. The molecule has 0 fully saturated rings. The summed E-state index contributed by atoms with van der Waals surface area (Å²) in [5.41, 5.74) is 5.34. The Hall–Kier alpha value is -2.04. The van der Waals surface area contributed by atoms with E-state index in [-0.39, 0.29) is 19.4 Å². The molecule has 0 saturated carbocycles. The number of phosphoric ester groups is 1. The number of allylic oxidation sites excluding steroid dienone is 4. The van der Waals surface area contributed by atoms with Gasteiger partial charge in [0.15, 0.2) is 6.10 Å². The molecule has 0 aliphatic rings. The van der Waals surface area contributed by atoms with Crippen LogP contribution in [-0.4, -0.2) is 59.9 Å². The Morgan fingerprint density at radius 3 is 1.28 bits per heavy atom. The highest BCUT2D eigenvalue weighted by molar-refractivity contribution is 7.47. The molecule has 0 radical (unpaired) electrons. The lowest BCUT2D eigenvalue weighted by molar-refractivity contribution is -0.161. The first kappa shape index (κ1) is 58.0. The lowest BCUT2D eigenvalue weighted by atomic mass is 10.0. The average Bonchev–Trinajstić information content (AvgIpc) is 3.22. The molecule has 11 nitrogen and oxygen atoms in total. The Morgan fingerprint density at radius 1 is 0.500 bits per heavy atom. The van der Waals surface area contributed by atoms with E-state index in [0.717, 1.165) is 32.1 Å². The van der Waals surface area contributed by atoms with Crippen molar-refractivity contribution in [2.45, 2.75) is 244 Å². The Kier molecular flexibility index (Phi) is 42.1. The summed E-state index contributed by atoms with van der Waals surface area (Å²) in [6, 6.07) is -1.52. The molecule has 0 bridgehead atoms. The average molecular weight is 872 g/mol. The van der Waals surface area contributed by atoms with E-state index >= 15 is 0 Å². The predicted octanol–water partition coefficient (Wildman–Crippen LogP) is 13.4. The summed E-state index contributed by atoms with van der Waals surface area (Å²) in [5.74, 6) is -2.43. The van der Waals surface area contributed by atoms with Gasteiger partial charge in [-0.3, -0.25) is 23.4 Å². The maximum absolute atomic E-state index is 12.7. The number of esters is 2.